The number of carboxylic acid groups (broad SMARTS) is 1. The van der Waals surface area contributed by atoms with E-state index in [-0.39, 0.29) is 12.1 Å². The number of hydrogen-bond acceptors (Lipinski definition) is 4. The van der Waals surface area contributed by atoms with Gasteiger partial charge in [0.2, 0.25) is 0 Å². The highest BCUT2D eigenvalue weighted by atomic mass is 35.5. The van der Waals surface area contributed by atoms with E-state index in [1.807, 2.05) is 20.8 Å². The van der Waals surface area contributed by atoms with Crippen molar-refractivity contribution in [2.24, 2.45) is 0 Å². The third-order valence-corrected chi connectivity index (χ3v) is 2.02. The summed E-state index contributed by atoms with van der Waals surface area (Å²) in [6.07, 6.45) is 0.788. The monoisotopic (exact) mass is 270 g/mol. The summed E-state index contributed by atoms with van der Waals surface area (Å²) in [5.74, 6) is -1.06. The molecule has 18 heavy (non-hydrogen) atoms. The fourth-order valence-electron chi connectivity index (χ4n) is 0.879. The molecule has 4 nitrogen and oxygen atoms in total. The molecular weight excluding hydrogens is 254 g/mol. The maximum Gasteiger partial charge on any atom is 0.150 e. The maximum absolute atomic E-state index is 10.1. The van der Waals surface area contributed by atoms with Gasteiger partial charge >= 0.3 is 0 Å². The zero-order valence-corrected chi connectivity index (χ0v) is 11.5. The van der Waals surface area contributed by atoms with E-state index >= 15 is 0 Å². The lowest BCUT2D eigenvalue weighted by Crippen LogP contribution is -2.43. The van der Waals surface area contributed by atoms with Gasteiger partial charge in [-0.15, -0.1) is 0 Å². The van der Waals surface area contributed by atoms with Crippen LogP contribution in [0.3, 0.4) is 0 Å². The maximum atomic E-state index is 10.1. The molecule has 1 N–H and O–H groups in total. The molecular formula is C13H17ClNO3-. The first-order valence-corrected chi connectivity index (χ1v) is 5.78. The molecule has 0 fully saturated rings. The molecule has 1 aromatic rings. The van der Waals surface area contributed by atoms with Crippen LogP contribution in [0.4, 0.5) is 0 Å². The van der Waals surface area contributed by atoms with Gasteiger partial charge in [-0.05, 0) is 32.9 Å². The van der Waals surface area contributed by atoms with E-state index in [1.54, 1.807) is 24.3 Å². The van der Waals surface area contributed by atoms with Gasteiger partial charge in [-0.1, -0.05) is 23.7 Å². The first-order chi connectivity index (χ1) is 8.24. The van der Waals surface area contributed by atoms with Crippen LogP contribution in [-0.2, 0) is 4.79 Å². The molecule has 0 bridgehead atoms. The Morgan fingerprint density at radius 1 is 1.33 bits per heavy atom. The average molecular weight is 271 g/mol. The lowest BCUT2D eigenvalue weighted by atomic mass is 10.1. The summed E-state index contributed by atoms with van der Waals surface area (Å²) in [6.45, 7) is 5.62. The summed E-state index contributed by atoms with van der Waals surface area (Å²) in [5, 5.41) is 13.3. The summed E-state index contributed by atoms with van der Waals surface area (Å²) in [6, 6.07) is 6.72. The van der Waals surface area contributed by atoms with E-state index in [9.17, 15) is 14.7 Å². The molecule has 0 spiro atoms. The van der Waals surface area contributed by atoms with Crippen molar-refractivity contribution >= 4 is 23.9 Å². The van der Waals surface area contributed by atoms with Crippen molar-refractivity contribution in [3.05, 3.63) is 34.9 Å². The van der Waals surface area contributed by atoms with Crippen LogP contribution in [0.25, 0.3) is 0 Å². The van der Waals surface area contributed by atoms with Crippen LogP contribution in [0.5, 0.6) is 0 Å². The molecule has 0 unspecified atom stereocenters. The third kappa shape index (κ3) is 9.81. The molecule has 0 aromatic heterocycles. The van der Waals surface area contributed by atoms with Crippen molar-refractivity contribution in [1.82, 2.24) is 5.32 Å². The largest absolute Gasteiger partial charge is 0.549 e. The summed E-state index contributed by atoms with van der Waals surface area (Å²) in [5.41, 5.74) is 0.513. The number of hydrogen-bond donors (Lipinski definition) is 1. The topological polar surface area (TPSA) is 69.2 Å². The Morgan fingerprint density at radius 2 is 1.83 bits per heavy atom. The first-order valence-electron chi connectivity index (χ1n) is 5.40. The smallest absolute Gasteiger partial charge is 0.150 e. The van der Waals surface area contributed by atoms with Crippen molar-refractivity contribution in [1.29, 1.82) is 0 Å². The normalized spacial score (nSPS) is 10.2. The van der Waals surface area contributed by atoms with E-state index in [0.717, 1.165) is 6.29 Å². The molecule has 0 atom stereocenters. The fraction of sp³-hybridized carbons (Fsp3) is 0.385. The van der Waals surface area contributed by atoms with Crippen LogP contribution in [0.15, 0.2) is 24.3 Å². The van der Waals surface area contributed by atoms with Crippen molar-refractivity contribution in [2.45, 2.75) is 26.3 Å². The molecule has 0 heterocycles. The second-order valence-electron chi connectivity index (χ2n) is 4.64. The molecule has 0 saturated carbocycles. The lowest BCUT2D eigenvalue weighted by molar-refractivity contribution is -0.304. The molecule has 100 valence electrons. The Labute approximate surface area is 112 Å². The van der Waals surface area contributed by atoms with Crippen LogP contribution in [-0.4, -0.2) is 24.3 Å². The predicted molar refractivity (Wildman–Crippen MR) is 69.6 cm³/mol. The van der Waals surface area contributed by atoms with Gasteiger partial charge in [0.15, 0.2) is 0 Å². The van der Waals surface area contributed by atoms with E-state index in [2.05, 4.69) is 5.32 Å². The van der Waals surface area contributed by atoms with Gasteiger partial charge in [0.05, 0.1) is 5.97 Å². The first kappa shape index (κ1) is 16.6. The highest BCUT2D eigenvalue weighted by Gasteiger charge is 2.06. The fourth-order valence-corrected chi connectivity index (χ4v) is 1.00. The number of aliphatic carboxylic acids is 1. The lowest BCUT2D eigenvalue weighted by Gasteiger charge is -2.20. The highest BCUT2D eigenvalue weighted by molar-refractivity contribution is 6.30. The van der Waals surface area contributed by atoms with Crippen LogP contribution in [0, 0.1) is 0 Å². The van der Waals surface area contributed by atoms with Gasteiger partial charge < -0.3 is 15.2 Å². The zero-order valence-electron chi connectivity index (χ0n) is 10.7. The van der Waals surface area contributed by atoms with Crippen molar-refractivity contribution in [2.75, 3.05) is 6.54 Å². The number of aldehydes is 1. The van der Waals surface area contributed by atoms with E-state index < -0.39 is 5.97 Å². The zero-order chi connectivity index (χ0) is 14.2. The van der Waals surface area contributed by atoms with Crippen molar-refractivity contribution < 1.29 is 14.7 Å². The summed E-state index contributed by atoms with van der Waals surface area (Å²) in [4.78, 5) is 19.9. The van der Waals surface area contributed by atoms with Gasteiger partial charge in [0, 0.05) is 22.7 Å². The number of carbonyl (C=O) groups is 2. The minimum absolute atomic E-state index is 0.0799. The molecule has 0 saturated heterocycles. The predicted octanol–water partition coefficient (Wildman–Crippen LogP) is 1.28. The molecule has 0 aliphatic rings. The number of benzene rings is 1. The summed E-state index contributed by atoms with van der Waals surface area (Å²) >= 11 is 5.55. The second kappa shape index (κ2) is 7.84. The van der Waals surface area contributed by atoms with E-state index in [1.165, 1.54) is 0 Å². The number of nitrogens with one attached hydrogen (secondary N) is 1. The molecule has 1 aromatic carbocycles. The van der Waals surface area contributed by atoms with E-state index in [0.29, 0.717) is 10.6 Å². The molecule has 1 rings (SSSR count). The van der Waals surface area contributed by atoms with Crippen LogP contribution in [0.2, 0.25) is 5.02 Å². The molecule has 0 aliphatic carbocycles. The second-order valence-corrected chi connectivity index (χ2v) is 5.08. The standard InChI is InChI=1S/C7H5ClO.C6H13NO2/c8-7-3-1-6(5-9)2-4-7;1-6(2,3)7-4-5(8)9/h1-5H;7H,4H2,1-3H3,(H,8,9)/p-1. The van der Waals surface area contributed by atoms with E-state index in [4.69, 9.17) is 11.6 Å². The minimum atomic E-state index is -1.06. The van der Waals surface area contributed by atoms with Crippen molar-refractivity contribution in [3.63, 3.8) is 0 Å². The number of carbonyl (C=O) groups excluding carboxylic acids is 2. The third-order valence-electron chi connectivity index (χ3n) is 1.77. The minimum Gasteiger partial charge on any atom is -0.549 e. The summed E-state index contributed by atoms with van der Waals surface area (Å²) < 4.78 is 0. The van der Waals surface area contributed by atoms with Crippen LogP contribution in [0.1, 0.15) is 31.1 Å². The Balaban J connectivity index is 0.000000321. The Hall–Kier alpha value is -1.39. The highest BCUT2D eigenvalue weighted by Crippen LogP contribution is 2.07. The van der Waals surface area contributed by atoms with Gasteiger partial charge in [0.25, 0.3) is 0 Å². The van der Waals surface area contributed by atoms with Gasteiger partial charge in [0.1, 0.15) is 6.29 Å². The molecule has 5 heteroatoms. The molecule has 0 aliphatic heterocycles. The van der Waals surface area contributed by atoms with Gasteiger partial charge in [-0.2, -0.15) is 0 Å². The number of carboxylic acids is 1. The number of halogens is 1. The quantitative estimate of drug-likeness (QED) is 0.840. The van der Waals surface area contributed by atoms with Crippen molar-refractivity contribution in [3.8, 4) is 0 Å². The summed E-state index contributed by atoms with van der Waals surface area (Å²) in [7, 11) is 0. The molecule has 0 amide bonds. The van der Waals surface area contributed by atoms with Crippen LogP contribution >= 0.6 is 11.6 Å². The Bertz CT molecular complexity index is 382. The average Bonchev–Trinajstić information content (AvgIpc) is 2.27. The SMILES string of the molecule is CC(C)(C)NCC(=O)[O-].O=Cc1ccc(Cl)cc1. The van der Waals surface area contributed by atoms with Gasteiger partial charge in [-0.3, -0.25) is 4.79 Å². The molecule has 0 radical (unpaired) electrons. The number of rotatable bonds is 3. The Kier molecular flexibility index (Phi) is 7.24. The van der Waals surface area contributed by atoms with Crippen LogP contribution < -0.4 is 10.4 Å². The van der Waals surface area contributed by atoms with Gasteiger partial charge in [-0.25, -0.2) is 0 Å². The Morgan fingerprint density at radius 3 is 2.11 bits per heavy atom.